The van der Waals surface area contributed by atoms with E-state index in [1.54, 1.807) is 0 Å². The number of carbonyl (C=O) groups excluding carboxylic acids is 1. The SMILES string of the molecule is O=C1C[C@@H]2[C@@H]3C=C(Br)[C@@H]4[C@H]3C[C@H]2[C@H]14. The van der Waals surface area contributed by atoms with Crippen molar-refractivity contribution in [1.29, 1.82) is 0 Å². The lowest BCUT2D eigenvalue weighted by atomic mass is 9.79. The summed E-state index contributed by atoms with van der Waals surface area (Å²) in [5, 5.41) is 0. The van der Waals surface area contributed by atoms with Gasteiger partial charge < -0.3 is 0 Å². The molecule has 0 aromatic rings. The molecule has 0 aromatic carbocycles. The Labute approximate surface area is 85.7 Å². The van der Waals surface area contributed by atoms with Crippen LogP contribution >= 0.6 is 15.9 Å². The Hall–Kier alpha value is -0.110. The lowest BCUT2D eigenvalue weighted by Crippen LogP contribution is -2.24. The topological polar surface area (TPSA) is 17.1 Å². The Bertz CT molecular complexity index is 346. The molecule has 0 amide bonds. The molecule has 0 N–H and O–H groups in total. The van der Waals surface area contributed by atoms with Crippen molar-refractivity contribution in [2.24, 2.45) is 35.5 Å². The lowest BCUT2D eigenvalue weighted by Gasteiger charge is -2.25. The van der Waals surface area contributed by atoms with Crippen molar-refractivity contribution < 1.29 is 4.79 Å². The van der Waals surface area contributed by atoms with Crippen molar-refractivity contribution in [1.82, 2.24) is 0 Å². The summed E-state index contributed by atoms with van der Waals surface area (Å²) in [5.74, 6) is 4.66. The summed E-state index contributed by atoms with van der Waals surface area (Å²) in [4.78, 5) is 11.8. The third-order valence-corrected chi connectivity index (χ3v) is 5.66. The summed E-state index contributed by atoms with van der Waals surface area (Å²) >= 11 is 3.65. The number of halogens is 1. The first-order chi connectivity index (χ1) is 6.27. The maximum Gasteiger partial charge on any atom is 0.137 e. The molecule has 0 aliphatic heterocycles. The van der Waals surface area contributed by atoms with Crippen LogP contribution in [0.3, 0.4) is 0 Å². The van der Waals surface area contributed by atoms with Crippen LogP contribution in [0.5, 0.6) is 0 Å². The first-order valence-corrected chi connectivity index (χ1v) is 5.96. The summed E-state index contributed by atoms with van der Waals surface area (Å²) in [7, 11) is 0. The highest BCUT2D eigenvalue weighted by atomic mass is 79.9. The normalized spacial score (nSPS) is 60.7. The van der Waals surface area contributed by atoms with Crippen molar-refractivity contribution in [3.63, 3.8) is 0 Å². The van der Waals surface area contributed by atoms with Crippen LogP contribution in [0.1, 0.15) is 12.8 Å². The first kappa shape index (κ1) is 7.22. The van der Waals surface area contributed by atoms with E-state index in [0.717, 1.165) is 30.1 Å². The van der Waals surface area contributed by atoms with Crippen LogP contribution in [0.15, 0.2) is 10.6 Å². The van der Waals surface area contributed by atoms with E-state index in [-0.39, 0.29) is 0 Å². The fourth-order valence-electron chi connectivity index (χ4n) is 4.59. The van der Waals surface area contributed by atoms with Crippen molar-refractivity contribution in [2.75, 3.05) is 0 Å². The molecule has 13 heavy (non-hydrogen) atoms. The molecule has 0 spiro atoms. The van der Waals surface area contributed by atoms with Gasteiger partial charge in [0.25, 0.3) is 0 Å². The second-order valence-electron chi connectivity index (χ2n) is 5.08. The van der Waals surface area contributed by atoms with Crippen LogP contribution in [0.25, 0.3) is 0 Å². The largest absolute Gasteiger partial charge is 0.299 e. The lowest BCUT2D eigenvalue weighted by molar-refractivity contribution is -0.121. The van der Waals surface area contributed by atoms with Gasteiger partial charge in [-0.3, -0.25) is 4.79 Å². The summed E-state index contributed by atoms with van der Waals surface area (Å²) in [5.41, 5.74) is 0. The van der Waals surface area contributed by atoms with Gasteiger partial charge in [0.1, 0.15) is 5.78 Å². The van der Waals surface area contributed by atoms with Crippen molar-refractivity contribution in [2.45, 2.75) is 12.8 Å². The molecule has 3 fully saturated rings. The van der Waals surface area contributed by atoms with Crippen molar-refractivity contribution in [3.8, 4) is 0 Å². The zero-order valence-electron chi connectivity index (χ0n) is 7.24. The fourth-order valence-corrected chi connectivity index (χ4v) is 5.52. The molecular formula is C11H11BrO. The monoisotopic (exact) mass is 238 g/mol. The minimum Gasteiger partial charge on any atom is -0.299 e. The molecule has 4 aliphatic rings. The number of carbonyl (C=O) groups is 1. The molecule has 4 aliphatic carbocycles. The number of fused-ring (bicyclic) bond motifs is 2. The Morgan fingerprint density at radius 3 is 2.92 bits per heavy atom. The molecule has 0 aromatic heterocycles. The van der Waals surface area contributed by atoms with Gasteiger partial charge in [0, 0.05) is 18.3 Å². The van der Waals surface area contributed by atoms with Gasteiger partial charge in [-0.1, -0.05) is 22.0 Å². The quantitative estimate of drug-likeness (QED) is 0.634. The van der Waals surface area contributed by atoms with Crippen LogP contribution in [-0.4, -0.2) is 5.78 Å². The van der Waals surface area contributed by atoms with E-state index in [1.807, 2.05) is 0 Å². The molecule has 68 valence electrons. The predicted octanol–water partition coefficient (Wildman–Crippen LogP) is 2.37. The summed E-state index contributed by atoms with van der Waals surface area (Å²) < 4.78 is 1.35. The highest BCUT2D eigenvalue weighted by Crippen LogP contribution is 2.69. The maximum absolute atomic E-state index is 11.8. The van der Waals surface area contributed by atoms with Crippen molar-refractivity contribution >= 4 is 21.7 Å². The smallest absolute Gasteiger partial charge is 0.137 e. The molecule has 6 atom stereocenters. The van der Waals surface area contributed by atoms with Gasteiger partial charge in [-0.2, -0.15) is 0 Å². The molecule has 4 rings (SSSR count). The standard InChI is InChI=1S/C11H11BrO/c12-8-2-4-5-3-9(13)11-7(5)1-6(4)10(8)11/h2,4-7,10-11H,1,3H2/t4-,5+,6-,7+,10-,11+/m0/s1. The molecule has 3 saturated carbocycles. The second kappa shape index (κ2) is 1.95. The van der Waals surface area contributed by atoms with Crippen LogP contribution in [-0.2, 0) is 4.79 Å². The molecule has 1 nitrogen and oxygen atoms in total. The fraction of sp³-hybridized carbons (Fsp3) is 0.727. The molecule has 0 unspecified atom stereocenters. The van der Waals surface area contributed by atoms with Gasteiger partial charge in [0.2, 0.25) is 0 Å². The number of ketones is 1. The molecule has 0 heterocycles. The van der Waals surface area contributed by atoms with Crippen LogP contribution < -0.4 is 0 Å². The molecular weight excluding hydrogens is 228 g/mol. The van der Waals surface area contributed by atoms with E-state index in [0.29, 0.717) is 17.6 Å². The van der Waals surface area contributed by atoms with Crippen LogP contribution in [0.2, 0.25) is 0 Å². The third kappa shape index (κ3) is 0.604. The maximum atomic E-state index is 11.8. The van der Waals surface area contributed by atoms with E-state index in [1.165, 1.54) is 10.9 Å². The minimum atomic E-state index is 0.416. The molecule has 2 heteroatoms. The Morgan fingerprint density at radius 1 is 1.23 bits per heavy atom. The number of hydrogen-bond donors (Lipinski definition) is 0. The summed E-state index contributed by atoms with van der Waals surface area (Å²) in [6, 6.07) is 0. The van der Waals surface area contributed by atoms with Gasteiger partial charge in [-0.05, 0) is 34.6 Å². The predicted molar refractivity (Wildman–Crippen MR) is 52.2 cm³/mol. The first-order valence-electron chi connectivity index (χ1n) is 5.17. The van der Waals surface area contributed by atoms with E-state index < -0.39 is 0 Å². The van der Waals surface area contributed by atoms with Crippen molar-refractivity contribution in [3.05, 3.63) is 10.6 Å². The highest BCUT2D eigenvalue weighted by Gasteiger charge is 2.66. The number of hydrogen-bond acceptors (Lipinski definition) is 1. The average Bonchev–Trinajstić information content (AvgIpc) is 2.67. The van der Waals surface area contributed by atoms with E-state index >= 15 is 0 Å². The van der Waals surface area contributed by atoms with Gasteiger partial charge in [-0.25, -0.2) is 0 Å². The number of Topliss-reactive ketones (excluding diaryl/α,β-unsaturated/α-hetero) is 1. The molecule has 0 radical (unpaired) electrons. The zero-order valence-corrected chi connectivity index (χ0v) is 8.83. The zero-order chi connectivity index (χ0) is 8.74. The van der Waals surface area contributed by atoms with Gasteiger partial charge in [0.05, 0.1) is 0 Å². The molecule has 0 saturated heterocycles. The van der Waals surface area contributed by atoms with Gasteiger partial charge in [-0.15, -0.1) is 0 Å². The molecule has 2 bridgehead atoms. The average molecular weight is 239 g/mol. The van der Waals surface area contributed by atoms with Gasteiger partial charge >= 0.3 is 0 Å². The van der Waals surface area contributed by atoms with Crippen LogP contribution in [0.4, 0.5) is 0 Å². The Kier molecular flexibility index (Phi) is 1.08. The van der Waals surface area contributed by atoms with Crippen LogP contribution in [0, 0.1) is 35.5 Å². The number of allylic oxidation sites excluding steroid dienone is 2. The third-order valence-electron chi connectivity index (χ3n) is 4.87. The van der Waals surface area contributed by atoms with Gasteiger partial charge in [0.15, 0.2) is 0 Å². The summed E-state index contributed by atoms with van der Waals surface area (Å²) in [6.45, 7) is 0. The minimum absolute atomic E-state index is 0.416. The summed E-state index contributed by atoms with van der Waals surface area (Å²) in [6.07, 6.45) is 4.64. The van der Waals surface area contributed by atoms with E-state index in [9.17, 15) is 4.79 Å². The van der Waals surface area contributed by atoms with E-state index in [4.69, 9.17) is 0 Å². The number of rotatable bonds is 0. The Morgan fingerprint density at radius 2 is 2.08 bits per heavy atom. The van der Waals surface area contributed by atoms with E-state index in [2.05, 4.69) is 22.0 Å². The highest BCUT2D eigenvalue weighted by molar-refractivity contribution is 9.11. The second-order valence-corrected chi connectivity index (χ2v) is 5.99. The Balaban J connectivity index is 1.96.